The van der Waals surface area contributed by atoms with Crippen molar-refractivity contribution in [1.29, 1.82) is 0 Å². The Morgan fingerprint density at radius 2 is 2.33 bits per heavy atom. The second-order valence-electron chi connectivity index (χ2n) is 4.45. The molecule has 0 spiro atoms. The van der Waals surface area contributed by atoms with Gasteiger partial charge >= 0.3 is 6.09 Å². The van der Waals surface area contributed by atoms with Gasteiger partial charge in [0.1, 0.15) is 6.10 Å². The Bertz CT molecular complexity index is 247. The number of nitrogens with two attached hydrogens (primary N) is 1. The normalized spacial score (nSPS) is 33.2. The highest BCUT2D eigenvalue weighted by molar-refractivity contribution is 5.70. The van der Waals surface area contributed by atoms with Crippen LogP contribution in [0.2, 0.25) is 0 Å². The maximum Gasteiger partial charge on any atom is 0.410 e. The van der Waals surface area contributed by atoms with Gasteiger partial charge in [0.15, 0.2) is 0 Å². The molecule has 2 aliphatic rings. The lowest BCUT2D eigenvalue weighted by Gasteiger charge is -2.34. The van der Waals surface area contributed by atoms with Gasteiger partial charge in [-0.2, -0.15) is 0 Å². The minimum Gasteiger partial charge on any atom is -0.443 e. The minimum atomic E-state index is -0.189. The van der Waals surface area contributed by atoms with Crippen molar-refractivity contribution >= 4 is 6.09 Å². The highest BCUT2D eigenvalue weighted by Gasteiger charge is 2.36. The molecule has 2 heterocycles. The summed E-state index contributed by atoms with van der Waals surface area (Å²) in [6, 6.07) is 0.313. The molecular formula is C10H19N3O2. The number of hydrogen-bond donors (Lipinski definition) is 1. The van der Waals surface area contributed by atoms with E-state index in [1.54, 1.807) is 0 Å². The van der Waals surface area contributed by atoms with Crippen LogP contribution >= 0.6 is 0 Å². The number of piperidine rings is 1. The molecule has 1 unspecified atom stereocenters. The van der Waals surface area contributed by atoms with Gasteiger partial charge in [0.25, 0.3) is 0 Å². The first-order valence-electron chi connectivity index (χ1n) is 5.56. The first-order valence-corrected chi connectivity index (χ1v) is 5.56. The Morgan fingerprint density at radius 1 is 1.53 bits per heavy atom. The average molecular weight is 213 g/mol. The summed E-state index contributed by atoms with van der Waals surface area (Å²) in [5.41, 5.74) is 5.50. The minimum absolute atomic E-state index is 0.107. The van der Waals surface area contributed by atoms with E-state index in [2.05, 4.69) is 11.9 Å². The van der Waals surface area contributed by atoms with Gasteiger partial charge in [-0.1, -0.05) is 0 Å². The molecule has 0 aromatic heterocycles. The highest BCUT2D eigenvalue weighted by atomic mass is 16.6. The summed E-state index contributed by atoms with van der Waals surface area (Å²) >= 11 is 0. The van der Waals surface area contributed by atoms with Crippen LogP contribution in [0, 0.1) is 0 Å². The van der Waals surface area contributed by atoms with Crippen LogP contribution in [-0.4, -0.2) is 61.3 Å². The molecule has 0 aromatic rings. The molecule has 2 fully saturated rings. The van der Waals surface area contributed by atoms with Gasteiger partial charge in [-0.3, -0.25) is 0 Å². The summed E-state index contributed by atoms with van der Waals surface area (Å²) < 4.78 is 5.16. The molecule has 0 aromatic carbocycles. The second-order valence-corrected chi connectivity index (χ2v) is 4.45. The molecule has 2 saturated heterocycles. The summed E-state index contributed by atoms with van der Waals surface area (Å²) in [5.74, 6) is 0. The maximum atomic E-state index is 11.6. The summed E-state index contributed by atoms with van der Waals surface area (Å²) in [6.07, 6.45) is 1.94. The number of carbonyl (C=O) groups is 1. The SMILES string of the molecule is CN1CCCC(N2C[C@H](CN)OC2=O)C1. The third kappa shape index (κ3) is 2.23. The zero-order valence-electron chi connectivity index (χ0n) is 9.19. The monoisotopic (exact) mass is 213 g/mol. The van der Waals surface area contributed by atoms with Gasteiger partial charge in [0, 0.05) is 19.1 Å². The number of amides is 1. The smallest absolute Gasteiger partial charge is 0.410 e. The van der Waals surface area contributed by atoms with Crippen molar-refractivity contribution in [3.63, 3.8) is 0 Å². The lowest BCUT2D eigenvalue weighted by Crippen LogP contribution is -2.47. The Hall–Kier alpha value is -0.810. The molecule has 2 aliphatic heterocycles. The first-order chi connectivity index (χ1) is 7.20. The zero-order valence-corrected chi connectivity index (χ0v) is 9.19. The number of likely N-dealkylation sites (tertiary alicyclic amines) is 1. The number of carbonyl (C=O) groups excluding carboxylic acids is 1. The molecule has 0 aliphatic carbocycles. The third-order valence-corrected chi connectivity index (χ3v) is 3.21. The fourth-order valence-electron chi connectivity index (χ4n) is 2.36. The lowest BCUT2D eigenvalue weighted by atomic mass is 10.0. The van der Waals surface area contributed by atoms with E-state index < -0.39 is 0 Å². The highest BCUT2D eigenvalue weighted by Crippen LogP contribution is 2.20. The molecule has 2 rings (SSSR count). The molecule has 15 heavy (non-hydrogen) atoms. The summed E-state index contributed by atoms with van der Waals surface area (Å²) in [7, 11) is 2.09. The molecule has 5 nitrogen and oxygen atoms in total. The maximum absolute atomic E-state index is 11.6. The molecule has 5 heteroatoms. The van der Waals surface area contributed by atoms with Crippen LogP contribution < -0.4 is 5.73 Å². The molecular weight excluding hydrogens is 194 g/mol. The van der Waals surface area contributed by atoms with E-state index in [0.29, 0.717) is 19.1 Å². The van der Waals surface area contributed by atoms with Gasteiger partial charge < -0.3 is 20.3 Å². The van der Waals surface area contributed by atoms with Crippen molar-refractivity contribution < 1.29 is 9.53 Å². The number of likely N-dealkylation sites (N-methyl/N-ethyl adjacent to an activating group) is 1. The summed E-state index contributed by atoms with van der Waals surface area (Å²) in [5, 5.41) is 0. The molecule has 86 valence electrons. The van der Waals surface area contributed by atoms with Crippen LogP contribution in [0.15, 0.2) is 0 Å². The van der Waals surface area contributed by atoms with Crippen LogP contribution in [-0.2, 0) is 4.74 Å². The van der Waals surface area contributed by atoms with Crippen molar-refractivity contribution in [2.45, 2.75) is 25.0 Å². The number of cyclic esters (lactones) is 1. The van der Waals surface area contributed by atoms with Crippen molar-refractivity contribution in [2.24, 2.45) is 5.73 Å². The van der Waals surface area contributed by atoms with E-state index in [1.165, 1.54) is 0 Å². The molecule has 0 saturated carbocycles. The van der Waals surface area contributed by atoms with Crippen LogP contribution in [0.5, 0.6) is 0 Å². The topological polar surface area (TPSA) is 58.8 Å². The predicted molar refractivity (Wildman–Crippen MR) is 56.5 cm³/mol. The molecule has 0 bridgehead atoms. The Kier molecular flexibility index (Phi) is 3.11. The van der Waals surface area contributed by atoms with E-state index in [1.807, 2.05) is 4.90 Å². The van der Waals surface area contributed by atoms with E-state index in [4.69, 9.17) is 10.5 Å². The van der Waals surface area contributed by atoms with Crippen LogP contribution in [0.25, 0.3) is 0 Å². The quantitative estimate of drug-likeness (QED) is 0.693. The molecule has 0 radical (unpaired) electrons. The number of ether oxygens (including phenoxy) is 1. The van der Waals surface area contributed by atoms with Gasteiger partial charge in [-0.05, 0) is 26.4 Å². The van der Waals surface area contributed by atoms with E-state index in [0.717, 1.165) is 25.9 Å². The standard InChI is InChI=1S/C10H19N3O2/c1-12-4-2-3-8(6-12)13-7-9(5-11)15-10(13)14/h8-9H,2-7,11H2,1H3/t8?,9-/m0/s1. The largest absolute Gasteiger partial charge is 0.443 e. The van der Waals surface area contributed by atoms with E-state index in [-0.39, 0.29) is 12.2 Å². The van der Waals surface area contributed by atoms with Gasteiger partial charge in [0.05, 0.1) is 6.54 Å². The van der Waals surface area contributed by atoms with Crippen LogP contribution in [0.1, 0.15) is 12.8 Å². The van der Waals surface area contributed by atoms with Crippen molar-refractivity contribution in [3.8, 4) is 0 Å². The van der Waals surface area contributed by atoms with Crippen molar-refractivity contribution in [2.75, 3.05) is 33.2 Å². The van der Waals surface area contributed by atoms with E-state index >= 15 is 0 Å². The van der Waals surface area contributed by atoms with Crippen LogP contribution in [0.3, 0.4) is 0 Å². The fourth-order valence-corrected chi connectivity index (χ4v) is 2.36. The predicted octanol–water partition coefficient (Wildman–Crippen LogP) is -0.140. The molecule has 2 atom stereocenters. The number of rotatable bonds is 2. The van der Waals surface area contributed by atoms with Gasteiger partial charge in [-0.15, -0.1) is 0 Å². The average Bonchev–Trinajstić information content (AvgIpc) is 2.60. The Labute approximate surface area is 90.1 Å². The van der Waals surface area contributed by atoms with Crippen molar-refractivity contribution in [3.05, 3.63) is 0 Å². The van der Waals surface area contributed by atoms with Crippen molar-refractivity contribution in [1.82, 2.24) is 9.80 Å². The summed E-state index contributed by atoms with van der Waals surface area (Å²) in [6.45, 7) is 3.16. The molecule has 1 amide bonds. The Balaban J connectivity index is 1.95. The Morgan fingerprint density at radius 3 is 2.93 bits per heavy atom. The van der Waals surface area contributed by atoms with Gasteiger partial charge in [0.2, 0.25) is 0 Å². The second kappa shape index (κ2) is 4.37. The third-order valence-electron chi connectivity index (χ3n) is 3.21. The van der Waals surface area contributed by atoms with E-state index in [9.17, 15) is 4.79 Å². The number of hydrogen-bond acceptors (Lipinski definition) is 4. The van der Waals surface area contributed by atoms with Crippen LogP contribution in [0.4, 0.5) is 4.79 Å². The summed E-state index contributed by atoms with van der Waals surface area (Å²) in [4.78, 5) is 15.7. The zero-order chi connectivity index (χ0) is 10.8. The fraction of sp³-hybridized carbons (Fsp3) is 0.900. The molecule has 2 N–H and O–H groups in total. The van der Waals surface area contributed by atoms with Gasteiger partial charge in [-0.25, -0.2) is 4.79 Å². The first kappa shape index (κ1) is 10.7. The number of nitrogens with zero attached hydrogens (tertiary/aromatic N) is 2. The lowest BCUT2D eigenvalue weighted by molar-refractivity contribution is 0.114.